The SMILES string of the molecule is CN(CCOc1ccccc1F)c1ccccc1. The molecule has 0 spiro atoms. The molecule has 2 rings (SSSR count). The summed E-state index contributed by atoms with van der Waals surface area (Å²) in [6.45, 7) is 1.16. The number of hydrogen-bond acceptors (Lipinski definition) is 2. The zero-order valence-electron chi connectivity index (χ0n) is 10.3. The second-order valence-electron chi connectivity index (χ2n) is 4.04. The maximum atomic E-state index is 13.3. The third-order valence-corrected chi connectivity index (χ3v) is 2.72. The van der Waals surface area contributed by atoms with Crippen molar-refractivity contribution in [3.63, 3.8) is 0 Å². The minimum Gasteiger partial charge on any atom is -0.489 e. The molecule has 0 heterocycles. The van der Waals surface area contributed by atoms with Crippen LogP contribution in [0, 0.1) is 5.82 Å². The molecule has 0 radical (unpaired) electrons. The Labute approximate surface area is 107 Å². The first-order valence-electron chi connectivity index (χ1n) is 5.91. The summed E-state index contributed by atoms with van der Waals surface area (Å²) in [6, 6.07) is 16.5. The Morgan fingerprint density at radius 3 is 2.39 bits per heavy atom. The Balaban J connectivity index is 1.84. The number of anilines is 1. The van der Waals surface area contributed by atoms with Crippen LogP contribution in [-0.4, -0.2) is 20.2 Å². The first kappa shape index (κ1) is 12.4. The fourth-order valence-electron chi connectivity index (χ4n) is 1.67. The number of hydrogen-bond donors (Lipinski definition) is 0. The van der Waals surface area contributed by atoms with Gasteiger partial charge in [0, 0.05) is 12.7 Å². The fourth-order valence-corrected chi connectivity index (χ4v) is 1.67. The number of para-hydroxylation sites is 2. The van der Waals surface area contributed by atoms with Gasteiger partial charge in [0.05, 0.1) is 6.54 Å². The largest absolute Gasteiger partial charge is 0.489 e. The van der Waals surface area contributed by atoms with Crippen molar-refractivity contribution in [2.45, 2.75) is 0 Å². The van der Waals surface area contributed by atoms with Crippen molar-refractivity contribution in [2.75, 3.05) is 25.1 Å². The van der Waals surface area contributed by atoms with E-state index >= 15 is 0 Å². The summed E-state index contributed by atoms with van der Waals surface area (Å²) in [5.41, 5.74) is 1.12. The van der Waals surface area contributed by atoms with Crippen LogP contribution in [0.2, 0.25) is 0 Å². The minimum absolute atomic E-state index is 0.305. The van der Waals surface area contributed by atoms with Crippen LogP contribution < -0.4 is 9.64 Å². The monoisotopic (exact) mass is 245 g/mol. The normalized spacial score (nSPS) is 10.1. The number of benzene rings is 2. The molecule has 0 aliphatic carbocycles. The molecule has 3 heteroatoms. The van der Waals surface area contributed by atoms with Crippen molar-refractivity contribution in [1.29, 1.82) is 0 Å². The number of ether oxygens (including phenoxy) is 1. The van der Waals surface area contributed by atoms with Crippen LogP contribution in [0.4, 0.5) is 10.1 Å². The average Bonchev–Trinajstić information content (AvgIpc) is 2.42. The van der Waals surface area contributed by atoms with Gasteiger partial charge in [0.25, 0.3) is 0 Å². The highest BCUT2D eigenvalue weighted by molar-refractivity contribution is 5.44. The zero-order chi connectivity index (χ0) is 12.8. The second-order valence-corrected chi connectivity index (χ2v) is 4.04. The fraction of sp³-hybridized carbons (Fsp3) is 0.200. The highest BCUT2D eigenvalue weighted by Crippen LogP contribution is 2.16. The van der Waals surface area contributed by atoms with E-state index in [2.05, 4.69) is 4.90 Å². The molecule has 0 saturated carbocycles. The molecule has 18 heavy (non-hydrogen) atoms. The van der Waals surface area contributed by atoms with E-state index in [0.29, 0.717) is 18.9 Å². The van der Waals surface area contributed by atoms with Crippen molar-refractivity contribution >= 4 is 5.69 Å². The Bertz CT molecular complexity index is 487. The molecule has 0 fully saturated rings. The van der Waals surface area contributed by atoms with E-state index in [-0.39, 0.29) is 5.82 Å². The topological polar surface area (TPSA) is 12.5 Å². The smallest absolute Gasteiger partial charge is 0.165 e. The summed E-state index contributed by atoms with van der Waals surface area (Å²) in [5, 5.41) is 0. The molecule has 2 nitrogen and oxygen atoms in total. The maximum Gasteiger partial charge on any atom is 0.165 e. The van der Waals surface area contributed by atoms with Crippen molar-refractivity contribution < 1.29 is 9.13 Å². The van der Waals surface area contributed by atoms with Gasteiger partial charge in [-0.1, -0.05) is 30.3 Å². The van der Waals surface area contributed by atoms with Crippen molar-refractivity contribution in [3.8, 4) is 5.75 Å². The van der Waals surface area contributed by atoms with Gasteiger partial charge >= 0.3 is 0 Å². The van der Waals surface area contributed by atoms with Crippen LogP contribution in [0.15, 0.2) is 54.6 Å². The molecule has 0 aromatic heterocycles. The minimum atomic E-state index is -0.320. The molecule has 2 aromatic rings. The molecule has 0 aliphatic rings. The van der Waals surface area contributed by atoms with E-state index in [4.69, 9.17) is 4.74 Å². The van der Waals surface area contributed by atoms with Gasteiger partial charge in [0.2, 0.25) is 0 Å². The number of nitrogens with zero attached hydrogens (tertiary/aromatic N) is 1. The summed E-state index contributed by atoms with van der Waals surface area (Å²) in [5.74, 6) is -0.0150. The Hall–Kier alpha value is -2.03. The second kappa shape index (κ2) is 6.05. The van der Waals surface area contributed by atoms with Crippen LogP contribution in [0.3, 0.4) is 0 Å². The van der Waals surface area contributed by atoms with Crippen LogP contribution in [0.5, 0.6) is 5.75 Å². The van der Waals surface area contributed by atoms with E-state index in [1.165, 1.54) is 6.07 Å². The van der Waals surface area contributed by atoms with Gasteiger partial charge in [0.15, 0.2) is 11.6 Å². The number of likely N-dealkylation sites (N-methyl/N-ethyl adjacent to an activating group) is 1. The summed E-state index contributed by atoms with van der Waals surface area (Å²) in [4.78, 5) is 2.07. The summed E-state index contributed by atoms with van der Waals surface area (Å²) < 4.78 is 18.7. The van der Waals surface area contributed by atoms with Crippen molar-refractivity contribution in [1.82, 2.24) is 0 Å². The van der Waals surface area contributed by atoms with Crippen LogP contribution in [0.1, 0.15) is 0 Å². The molecule has 2 aromatic carbocycles. The Morgan fingerprint density at radius 2 is 1.67 bits per heavy atom. The van der Waals surface area contributed by atoms with E-state index < -0.39 is 0 Å². The lowest BCUT2D eigenvalue weighted by molar-refractivity contribution is 0.309. The van der Waals surface area contributed by atoms with Crippen LogP contribution in [-0.2, 0) is 0 Å². The molecule has 0 N–H and O–H groups in total. The number of halogens is 1. The highest BCUT2D eigenvalue weighted by atomic mass is 19.1. The number of rotatable bonds is 5. The summed E-state index contributed by atoms with van der Waals surface area (Å²) >= 11 is 0. The summed E-state index contributed by atoms with van der Waals surface area (Å²) in [6.07, 6.45) is 0. The maximum absolute atomic E-state index is 13.3. The van der Waals surface area contributed by atoms with E-state index in [0.717, 1.165) is 5.69 Å². The van der Waals surface area contributed by atoms with E-state index in [9.17, 15) is 4.39 Å². The Morgan fingerprint density at radius 1 is 1.00 bits per heavy atom. The lowest BCUT2D eigenvalue weighted by Gasteiger charge is -2.19. The zero-order valence-corrected chi connectivity index (χ0v) is 10.3. The average molecular weight is 245 g/mol. The molecule has 0 amide bonds. The molecule has 0 atom stereocenters. The van der Waals surface area contributed by atoms with Crippen LogP contribution >= 0.6 is 0 Å². The Kier molecular flexibility index (Phi) is 4.18. The summed E-state index contributed by atoms with van der Waals surface area (Å²) in [7, 11) is 1.99. The van der Waals surface area contributed by atoms with E-state index in [1.807, 2.05) is 37.4 Å². The lowest BCUT2D eigenvalue weighted by Crippen LogP contribution is -2.23. The molecule has 0 saturated heterocycles. The standard InChI is InChI=1S/C15H16FNO/c1-17(13-7-3-2-4-8-13)11-12-18-15-10-6-5-9-14(15)16/h2-10H,11-12H2,1H3. The first-order chi connectivity index (χ1) is 8.77. The van der Waals surface area contributed by atoms with Gasteiger partial charge in [-0.3, -0.25) is 0 Å². The molecule has 94 valence electrons. The van der Waals surface area contributed by atoms with Gasteiger partial charge in [-0.05, 0) is 24.3 Å². The van der Waals surface area contributed by atoms with Crippen LogP contribution in [0.25, 0.3) is 0 Å². The van der Waals surface area contributed by atoms with Crippen molar-refractivity contribution in [2.24, 2.45) is 0 Å². The molecular formula is C15H16FNO. The third kappa shape index (κ3) is 3.23. The molecule has 0 bridgehead atoms. The van der Waals surface area contributed by atoms with E-state index in [1.54, 1.807) is 18.2 Å². The van der Waals surface area contributed by atoms with Gasteiger partial charge < -0.3 is 9.64 Å². The van der Waals surface area contributed by atoms with Gasteiger partial charge in [0.1, 0.15) is 6.61 Å². The predicted octanol–water partition coefficient (Wildman–Crippen LogP) is 3.34. The molecular weight excluding hydrogens is 229 g/mol. The van der Waals surface area contributed by atoms with Gasteiger partial charge in [-0.2, -0.15) is 0 Å². The van der Waals surface area contributed by atoms with Crippen molar-refractivity contribution in [3.05, 3.63) is 60.4 Å². The molecule has 0 aliphatic heterocycles. The lowest BCUT2D eigenvalue weighted by atomic mass is 10.3. The first-order valence-corrected chi connectivity index (χ1v) is 5.91. The quantitative estimate of drug-likeness (QED) is 0.801. The molecule has 0 unspecified atom stereocenters. The van der Waals surface area contributed by atoms with Gasteiger partial charge in [-0.15, -0.1) is 0 Å². The predicted molar refractivity (Wildman–Crippen MR) is 71.6 cm³/mol. The third-order valence-electron chi connectivity index (χ3n) is 2.72. The van der Waals surface area contributed by atoms with Gasteiger partial charge in [-0.25, -0.2) is 4.39 Å². The highest BCUT2D eigenvalue weighted by Gasteiger charge is 2.03.